The van der Waals surface area contributed by atoms with Crippen molar-refractivity contribution in [3.8, 4) is 17.1 Å². The van der Waals surface area contributed by atoms with E-state index in [9.17, 15) is 34.8 Å². The molecule has 42 heavy (non-hydrogen) atoms. The summed E-state index contributed by atoms with van der Waals surface area (Å²) < 4.78 is 108. The highest BCUT2D eigenvalue weighted by atomic mass is 32.2. The number of aromatic nitrogens is 3. The molecule has 9 nitrogen and oxygen atoms in total. The summed E-state index contributed by atoms with van der Waals surface area (Å²) in [6.07, 6.45) is -9.31. The Morgan fingerprint density at radius 2 is 1.50 bits per heavy atom. The molecule has 0 aliphatic carbocycles. The maximum atomic E-state index is 13.1. The summed E-state index contributed by atoms with van der Waals surface area (Å²) >= 11 is 0. The standard InChI is InChI=1S/C26H22F6N6O3S/c1-33-42(39,40)21-10-8-17(9-11-21)18-5-2-4-16(12-18)14-34-22-36-23(38-24(37-22)41-15-25(27,28)29)35-20-7-3-6-19(13-20)26(30,31)32/h2-13,33H,14-15H2,1H3,(H2,34,35,36,37,38). The Kier molecular flexibility index (Phi) is 8.86. The van der Waals surface area contributed by atoms with Crippen LogP contribution in [0, 0.1) is 0 Å². The summed E-state index contributed by atoms with van der Waals surface area (Å²) in [5.74, 6) is -0.557. The third-order valence-corrected chi connectivity index (χ3v) is 7.00. The average Bonchev–Trinajstić information content (AvgIpc) is 2.94. The van der Waals surface area contributed by atoms with E-state index in [2.05, 4.69) is 35.0 Å². The summed E-state index contributed by atoms with van der Waals surface area (Å²) in [5.41, 5.74) is 1.16. The third kappa shape index (κ3) is 8.29. The SMILES string of the molecule is CNS(=O)(=O)c1ccc(-c2cccc(CNc3nc(Nc4cccc(C(F)(F)F)c4)nc(OCC(F)(F)F)n3)c2)cc1. The van der Waals surface area contributed by atoms with Crippen molar-refractivity contribution in [3.05, 3.63) is 83.9 Å². The van der Waals surface area contributed by atoms with Gasteiger partial charge in [-0.05, 0) is 60.1 Å². The molecule has 0 fully saturated rings. The number of benzene rings is 3. The number of halogens is 6. The molecule has 3 aromatic carbocycles. The van der Waals surface area contributed by atoms with E-state index < -0.39 is 40.6 Å². The fourth-order valence-corrected chi connectivity index (χ4v) is 4.32. The second-order valence-electron chi connectivity index (χ2n) is 8.66. The van der Waals surface area contributed by atoms with Crippen LogP contribution in [0.15, 0.2) is 77.7 Å². The predicted octanol–water partition coefficient (Wildman–Crippen LogP) is 5.76. The molecule has 0 aliphatic rings. The smallest absolute Gasteiger partial charge is 0.422 e. The lowest BCUT2D eigenvalue weighted by molar-refractivity contribution is -0.154. The molecule has 0 spiro atoms. The second kappa shape index (κ2) is 12.2. The van der Waals surface area contributed by atoms with Gasteiger partial charge in [0.1, 0.15) is 0 Å². The van der Waals surface area contributed by atoms with Crippen LogP contribution in [0.5, 0.6) is 6.01 Å². The lowest BCUT2D eigenvalue weighted by Gasteiger charge is -2.13. The Hall–Kier alpha value is -4.44. The molecular formula is C26H22F6N6O3S. The summed E-state index contributed by atoms with van der Waals surface area (Å²) in [5, 5.41) is 5.38. The Labute approximate surface area is 236 Å². The molecule has 0 bridgehead atoms. The molecule has 0 aliphatic heterocycles. The highest BCUT2D eigenvalue weighted by Crippen LogP contribution is 2.31. The quantitative estimate of drug-likeness (QED) is 0.194. The molecule has 3 N–H and O–H groups in total. The van der Waals surface area contributed by atoms with Gasteiger partial charge in [-0.2, -0.15) is 41.3 Å². The Morgan fingerprint density at radius 3 is 2.17 bits per heavy atom. The van der Waals surface area contributed by atoms with E-state index in [4.69, 9.17) is 0 Å². The fraction of sp³-hybridized carbons (Fsp3) is 0.192. The van der Waals surface area contributed by atoms with Gasteiger partial charge in [0.15, 0.2) is 6.61 Å². The van der Waals surface area contributed by atoms with Crippen molar-refractivity contribution in [1.82, 2.24) is 19.7 Å². The van der Waals surface area contributed by atoms with Gasteiger partial charge in [0.25, 0.3) is 0 Å². The van der Waals surface area contributed by atoms with Crippen molar-refractivity contribution in [1.29, 1.82) is 0 Å². The van der Waals surface area contributed by atoms with Crippen LogP contribution in [0.3, 0.4) is 0 Å². The molecule has 0 radical (unpaired) electrons. The van der Waals surface area contributed by atoms with Gasteiger partial charge < -0.3 is 15.4 Å². The molecule has 16 heteroatoms. The number of hydrogen-bond donors (Lipinski definition) is 3. The number of alkyl halides is 6. The van der Waals surface area contributed by atoms with Crippen molar-refractivity contribution < 1.29 is 39.5 Å². The number of nitrogens with one attached hydrogen (secondary N) is 3. The number of rotatable bonds is 10. The van der Waals surface area contributed by atoms with Crippen molar-refractivity contribution in [2.45, 2.75) is 23.8 Å². The predicted molar refractivity (Wildman–Crippen MR) is 142 cm³/mol. The maximum absolute atomic E-state index is 13.1. The first-order valence-corrected chi connectivity index (χ1v) is 13.5. The first kappa shape index (κ1) is 30.5. The number of hydrogen-bond acceptors (Lipinski definition) is 8. The van der Waals surface area contributed by atoms with Gasteiger partial charge in [-0.15, -0.1) is 0 Å². The summed E-state index contributed by atoms with van der Waals surface area (Å²) in [6.45, 7) is -1.61. The minimum atomic E-state index is -4.69. The van der Waals surface area contributed by atoms with Crippen molar-refractivity contribution in [2.75, 3.05) is 24.3 Å². The van der Waals surface area contributed by atoms with Crippen molar-refractivity contribution >= 4 is 27.6 Å². The zero-order valence-electron chi connectivity index (χ0n) is 21.6. The third-order valence-electron chi connectivity index (χ3n) is 5.57. The van der Waals surface area contributed by atoms with Gasteiger partial charge in [0.2, 0.25) is 21.9 Å². The minimum absolute atomic E-state index is 0.0648. The molecule has 1 heterocycles. The largest absolute Gasteiger partial charge is 0.454 e. The van der Waals surface area contributed by atoms with E-state index in [0.717, 1.165) is 29.3 Å². The molecule has 222 valence electrons. The van der Waals surface area contributed by atoms with Crippen LogP contribution in [0.4, 0.5) is 43.9 Å². The Balaban J connectivity index is 1.55. The van der Waals surface area contributed by atoms with E-state index in [-0.39, 0.29) is 29.0 Å². The monoisotopic (exact) mass is 612 g/mol. The molecule has 4 rings (SSSR count). The van der Waals surface area contributed by atoms with Crippen LogP contribution in [0.2, 0.25) is 0 Å². The summed E-state index contributed by atoms with van der Waals surface area (Å²) in [6, 6.07) is 16.7. The molecule has 1 aromatic heterocycles. The second-order valence-corrected chi connectivity index (χ2v) is 10.5. The molecular weight excluding hydrogens is 590 g/mol. The Morgan fingerprint density at radius 1 is 0.810 bits per heavy atom. The first-order valence-electron chi connectivity index (χ1n) is 12.0. The van der Waals surface area contributed by atoms with Gasteiger partial charge in [0, 0.05) is 12.2 Å². The number of anilines is 3. The van der Waals surface area contributed by atoms with E-state index in [1.54, 1.807) is 36.4 Å². The molecule has 0 saturated heterocycles. The van der Waals surface area contributed by atoms with Crippen molar-refractivity contribution in [3.63, 3.8) is 0 Å². The van der Waals surface area contributed by atoms with Crippen LogP contribution in [0.25, 0.3) is 11.1 Å². The summed E-state index contributed by atoms with van der Waals surface area (Å²) in [4.78, 5) is 11.7. The first-order chi connectivity index (χ1) is 19.7. The molecule has 0 unspecified atom stereocenters. The van der Waals surface area contributed by atoms with Gasteiger partial charge in [-0.25, -0.2) is 13.1 Å². The highest BCUT2D eigenvalue weighted by molar-refractivity contribution is 7.89. The zero-order chi connectivity index (χ0) is 30.5. The zero-order valence-corrected chi connectivity index (χ0v) is 22.4. The molecule has 0 amide bonds. The Bertz CT molecular complexity index is 1650. The van der Waals surface area contributed by atoms with Gasteiger partial charge in [0.05, 0.1) is 10.5 Å². The van der Waals surface area contributed by atoms with Crippen LogP contribution in [0.1, 0.15) is 11.1 Å². The summed E-state index contributed by atoms with van der Waals surface area (Å²) in [7, 11) is -2.29. The lowest BCUT2D eigenvalue weighted by atomic mass is 10.0. The van der Waals surface area contributed by atoms with Crippen LogP contribution in [-0.4, -0.2) is 43.2 Å². The van der Waals surface area contributed by atoms with E-state index in [1.165, 1.54) is 25.2 Å². The van der Waals surface area contributed by atoms with Gasteiger partial charge >= 0.3 is 18.4 Å². The molecule has 0 saturated carbocycles. The van der Waals surface area contributed by atoms with Crippen LogP contribution in [-0.2, 0) is 22.7 Å². The van der Waals surface area contributed by atoms with E-state index in [1.807, 2.05) is 0 Å². The topological polar surface area (TPSA) is 118 Å². The van der Waals surface area contributed by atoms with Gasteiger partial charge in [-0.3, -0.25) is 0 Å². The maximum Gasteiger partial charge on any atom is 0.422 e. The minimum Gasteiger partial charge on any atom is -0.454 e. The molecule has 4 aromatic rings. The number of nitrogens with zero attached hydrogens (tertiary/aromatic N) is 3. The normalized spacial score (nSPS) is 12.2. The highest BCUT2D eigenvalue weighted by Gasteiger charge is 2.31. The van der Waals surface area contributed by atoms with Crippen LogP contribution >= 0.6 is 0 Å². The van der Waals surface area contributed by atoms with Crippen molar-refractivity contribution in [2.24, 2.45) is 0 Å². The lowest BCUT2D eigenvalue weighted by Crippen LogP contribution is -2.21. The average molecular weight is 613 g/mol. The fourth-order valence-electron chi connectivity index (χ4n) is 3.59. The van der Waals surface area contributed by atoms with Gasteiger partial charge in [-0.1, -0.05) is 36.4 Å². The van der Waals surface area contributed by atoms with E-state index >= 15 is 0 Å². The molecule has 0 atom stereocenters. The number of ether oxygens (including phenoxy) is 1. The van der Waals surface area contributed by atoms with Crippen LogP contribution < -0.4 is 20.1 Å². The number of sulfonamides is 1. The van der Waals surface area contributed by atoms with E-state index in [0.29, 0.717) is 5.56 Å².